The molecule has 0 unspecified atom stereocenters. The van der Waals surface area contributed by atoms with E-state index in [4.69, 9.17) is 0 Å². The molecule has 128 valence electrons. The van der Waals surface area contributed by atoms with E-state index >= 15 is 0 Å². The molecule has 1 heterocycles. The Hall–Kier alpha value is -2.42. The SMILES string of the molecule is CCN=C1S[C@H](CC(=O)Nc2ccc([N+](=O)[O-])cc2)C(=O)N1CC. The minimum atomic E-state index is -0.507. The maximum absolute atomic E-state index is 12.3. The summed E-state index contributed by atoms with van der Waals surface area (Å²) in [6.07, 6.45) is 0.0275. The van der Waals surface area contributed by atoms with Crippen LogP contribution in [0.3, 0.4) is 0 Å². The molecule has 0 aromatic heterocycles. The smallest absolute Gasteiger partial charge is 0.269 e. The fourth-order valence-corrected chi connectivity index (χ4v) is 3.50. The summed E-state index contributed by atoms with van der Waals surface area (Å²) < 4.78 is 0. The van der Waals surface area contributed by atoms with Crippen LogP contribution in [0.5, 0.6) is 0 Å². The molecule has 0 aliphatic carbocycles. The molecule has 1 aliphatic rings. The Morgan fingerprint density at radius 2 is 2.04 bits per heavy atom. The number of nitro benzene ring substituents is 1. The Labute approximate surface area is 143 Å². The molecule has 0 bridgehead atoms. The number of nitrogens with zero attached hydrogens (tertiary/aromatic N) is 3. The molecule has 1 aliphatic heterocycles. The third kappa shape index (κ3) is 4.10. The van der Waals surface area contributed by atoms with E-state index in [1.807, 2.05) is 13.8 Å². The van der Waals surface area contributed by atoms with E-state index in [1.54, 1.807) is 4.90 Å². The van der Waals surface area contributed by atoms with E-state index in [0.717, 1.165) is 0 Å². The Morgan fingerprint density at radius 3 is 2.58 bits per heavy atom. The molecule has 1 aromatic carbocycles. The standard InChI is InChI=1S/C15H18N4O4S/c1-3-16-15-18(4-2)14(21)12(24-15)9-13(20)17-10-5-7-11(8-6-10)19(22)23/h5-8,12H,3-4,9H2,1-2H3,(H,17,20)/t12-/m1/s1. The molecule has 2 amide bonds. The molecule has 1 N–H and O–H groups in total. The van der Waals surface area contributed by atoms with Crippen molar-refractivity contribution in [1.29, 1.82) is 0 Å². The minimum absolute atomic E-state index is 0.0275. The summed E-state index contributed by atoms with van der Waals surface area (Å²) in [6.45, 7) is 4.85. The largest absolute Gasteiger partial charge is 0.326 e. The van der Waals surface area contributed by atoms with E-state index in [-0.39, 0.29) is 23.9 Å². The van der Waals surface area contributed by atoms with Crippen molar-refractivity contribution in [2.75, 3.05) is 18.4 Å². The second-order valence-electron chi connectivity index (χ2n) is 5.00. The van der Waals surface area contributed by atoms with Gasteiger partial charge >= 0.3 is 0 Å². The number of rotatable bonds is 6. The number of amides is 2. The number of anilines is 1. The highest BCUT2D eigenvalue weighted by molar-refractivity contribution is 8.15. The molecule has 9 heteroatoms. The molecule has 8 nitrogen and oxygen atoms in total. The Bertz CT molecular complexity index is 675. The van der Waals surface area contributed by atoms with Crippen LogP contribution in [0.25, 0.3) is 0 Å². The van der Waals surface area contributed by atoms with E-state index in [9.17, 15) is 19.7 Å². The molecule has 0 spiro atoms. The van der Waals surface area contributed by atoms with Gasteiger partial charge in [0.25, 0.3) is 5.69 Å². The average molecular weight is 350 g/mol. The first kappa shape index (κ1) is 17.9. The van der Waals surface area contributed by atoms with Crippen LogP contribution in [-0.2, 0) is 9.59 Å². The molecule has 2 rings (SSSR count). The van der Waals surface area contributed by atoms with E-state index in [1.165, 1.54) is 36.0 Å². The van der Waals surface area contributed by atoms with Crippen LogP contribution in [0.2, 0.25) is 0 Å². The number of nitrogens with one attached hydrogen (secondary N) is 1. The number of amidine groups is 1. The first-order chi connectivity index (χ1) is 11.5. The number of carbonyl (C=O) groups is 2. The molecular weight excluding hydrogens is 332 g/mol. The van der Waals surface area contributed by atoms with Crippen molar-refractivity contribution in [1.82, 2.24) is 4.90 Å². The van der Waals surface area contributed by atoms with E-state index in [2.05, 4.69) is 10.3 Å². The molecule has 1 aromatic rings. The summed E-state index contributed by atoms with van der Waals surface area (Å²) in [5.74, 6) is -0.433. The van der Waals surface area contributed by atoms with Gasteiger partial charge in [-0.3, -0.25) is 29.6 Å². The number of thioether (sulfide) groups is 1. The van der Waals surface area contributed by atoms with Gasteiger partial charge in [-0.2, -0.15) is 0 Å². The predicted molar refractivity (Wildman–Crippen MR) is 93.1 cm³/mol. The first-order valence-corrected chi connectivity index (χ1v) is 8.41. The lowest BCUT2D eigenvalue weighted by Crippen LogP contribution is -2.33. The first-order valence-electron chi connectivity index (χ1n) is 7.53. The van der Waals surface area contributed by atoms with Crippen LogP contribution in [0.4, 0.5) is 11.4 Å². The van der Waals surface area contributed by atoms with Crippen LogP contribution in [-0.4, -0.2) is 45.1 Å². The van der Waals surface area contributed by atoms with E-state index in [0.29, 0.717) is 23.9 Å². The summed E-state index contributed by atoms with van der Waals surface area (Å²) in [5, 5.41) is 13.4. The lowest BCUT2D eigenvalue weighted by Gasteiger charge is -2.13. The Kier molecular flexibility index (Phi) is 5.91. The highest BCUT2D eigenvalue weighted by atomic mass is 32.2. The van der Waals surface area contributed by atoms with Crippen LogP contribution in [0, 0.1) is 10.1 Å². The molecule has 1 fully saturated rings. The van der Waals surface area contributed by atoms with Crippen LogP contribution < -0.4 is 5.32 Å². The fraction of sp³-hybridized carbons (Fsp3) is 0.400. The summed E-state index contributed by atoms with van der Waals surface area (Å²) >= 11 is 1.30. The molecule has 1 saturated heterocycles. The summed E-state index contributed by atoms with van der Waals surface area (Å²) in [4.78, 5) is 40.4. The number of aliphatic imine (C=N–C) groups is 1. The highest BCUT2D eigenvalue weighted by Crippen LogP contribution is 2.29. The third-order valence-electron chi connectivity index (χ3n) is 3.36. The van der Waals surface area contributed by atoms with Crippen molar-refractivity contribution in [3.63, 3.8) is 0 Å². The van der Waals surface area contributed by atoms with Crippen molar-refractivity contribution in [2.45, 2.75) is 25.5 Å². The number of hydrogen-bond acceptors (Lipinski definition) is 6. The quantitative estimate of drug-likeness (QED) is 0.626. The summed E-state index contributed by atoms with van der Waals surface area (Å²) in [5.41, 5.74) is 0.407. The van der Waals surface area contributed by atoms with Crippen molar-refractivity contribution >= 4 is 40.1 Å². The Morgan fingerprint density at radius 1 is 1.38 bits per heavy atom. The minimum Gasteiger partial charge on any atom is -0.326 e. The van der Waals surface area contributed by atoms with Crippen molar-refractivity contribution in [2.24, 2.45) is 4.99 Å². The fourth-order valence-electron chi connectivity index (χ4n) is 2.23. The zero-order valence-electron chi connectivity index (χ0n) is 13.4. The van der Waals surface area contributed by atoms with Crippen LogP contribution in [0.1, 0.15) is 20.3 Å². The van der Waals surface area contributed by atoms with Gasteiger partial charge in [0.05, 0.1) is 4.92 Å². The van der Waals surface area contributed by atoms with Gasteiger partial charge in [0.1, 0.15) is 5.25 Å². The number of hydrogen-bond donors (Lipinski definition) is 1. The number of non-ortho nitro benzene ring substituents is 1. The van der Waals surface area contributed by atoms with Crippen LogP contribution in [0.15, 0.2) is 29.3 Å². The maximum Gasteiger partial charge on any atom is 0.269 e. The van der Waals surface area contributed by atoms with Crippen molar-refractivity contribution < 1.29 is 14.5 Å². The third-order valence-corrected chi connectivity index (χ3v) is 4.58. The molecule has 0 radical (unpaired) electrons. The highest BCUT2D eigenvalue weighted by Gasteiger charge is 2.38. The van der Waals surface area contributed by atoms with Crippen LogP contribution >= 0.6 is 11.8 Å². The molecule has 1 atom stereocenters. The number of benzene rings is 1. The normalized spacial score (nSPS) is 18.9. The molecular formula is C15H18N4O4S. The van der Waals surface area contributed by atoms with Gasteiger partial charge in [0, 0.05) is 37.3 Å². The zero-order valence-corrected chi connectivity index (χ0v) is 14.2. The second-order valence-corrected chi connectivity index (χ2v) is 6.17. The van der Waals surface area contributed by atoms with Crippen molar-refractivity contribution in [3.05, 3.63) is 34.4 Å². The van der Waals surface area contributed by atoms with Gasteiger partial charge in [-0.25, -0.2) is 0 Å². The zero-order chi connectivity index (χ0) is 17.7. The number of nitro groups is 1. The summed E-state index contributed by atoms with van der Waals surface area (Å²) in [6, 6.07) is 5.55. The topological polar surface area (TPSA) is 105 Å². The lowest BCUT2D eigenvalue weighted by molar-refractivity contribution is -0.384. The average Bonchev–Trinajstić information content (AvgIpc) is 2.83. The maximum atomic E-state index is 12.3. The molecule has 24 heavy (non-hydrogen) atoms. The molecule has 0 saturated carbocycles. The van der Waals surface area contributed by atoms with Gasteiger partial charge in [-0.05, 0) is 26.0 Å². The monoisotopic (exact) mass is 350 g/mol. The van der Waals surface area contributed by atoms with Gasteiger partial charge in [0.2, 0.25) is 11.8 Å². The van der Waals surface area contributed by atoms with Gasteiger partial charge in [-0.15, -0.1) is 0 Å². The van der Waals surface area contributed by atoms with Gasteiger partial charge in [-0.1, -0.05) is 11.8 Å². The predicted octanol–water partition coefficient (Wildman–Crippen LogP) is 2.26. The Balaban J connectivity index is 1.98. The van der Waals surface area contributed by atoms with E-state index < -0.39 is 10.2 Å². The number of carbonyl (C=O) groups excluding carboxylic acids is 2. The summed E-state index contributed by atoms with van der Waals surface area (Å²) in [7, 11) is 0. The van der Waals surface area contributed by atoms with Gasteiger partial charge < -0.3 is 5.32 Å². The lowest BCUT2D eigenvalue weighted by atomic mass is 10.2. The van der Waals surface area contributed by atoms with Crippen molar-refractivity contribution in [3.8, 4) is 0 Å². The van der Waals surface area contributed by atoms with Gasteiger partial charge in [0.15, 0.2) is 5.17 Å². The second kappa shape index (κ2) is 7.91.